The van der Waals surface area contributed by atoms with Gasteiger partial charge in [-0.15, -0.1) is 0 Å². The molecule has 0 bridgehead atoms. The summed E-state index contributed by atoms with van der Waals surface area (Å²) in [5, 5.41) is 3.33. The van der Waals surface area contributed by atoms with Gasteiger partial charge in [-0.25, -0.2) is 0 Å². The highest BCUT2D eigenvalue weighted by molar-refractivity contribution is 5.56. The molecule has 0 saturated carbocycles. The van der Waals surface area contributed by atoms with E-state index in [0.717, 1.165) is 32.4 Å². The van der Waals surface area contributed by atoms with Crippen LogP contribution in [0.3, 0.4) is 0 Å². The van der Waals surface area contributed by atoms with Gasteiger partial charge in [-0.05, 0) is 51.5 Å². The summed E-state index contributed by atoms with van der Waals surface area (Å²) in [6, 6.07) is 7.18. The third kappa shape index (κ3) is 4.35. The van der Waals surface area contributed by atoms with Crippen LogP contribution in [0, 0.1) is 0 Å². The molecule has 106 valence electrons. The SMILES string of the molecule is CN1CCCC(Nc2ccccc2OC(F)F)CC1. The number of para-hydroxylation sites is 2. The number of benzene rings is 1. The first kappa shape index (κ1) is 14.1. The average Bonchev–Trinajstić information content (AvgIpc) is 2.56. The van der Waals surface area contributed by atoms with E-state index < -0.39 is 6.61 Å². The largest absolute Gasteiger partial charge is 0.433 e. The maximum atomic E-state index is 12.3. The lowest BCUT2D eigenvalue weighted by Gasteiger charge is -2.20. The Morgan fingerprint density at radius 2 is 2.05 bits per heavy atom. The summed E-state index contributed by atoms with van der Waals surface area (Å²) in [6.07, 6.45) is 3.18. The molecule has 1 aliphatic rings. The number of hydrogen-bond donors (Lipinski definition) is 1. The van der Waals surface area contributed by atoms with Crippen molar-refractivity contribution in [2.45, 2.75) is 31.9 Å². The van der Waals surface area contributed by atoms with Crippen molar-refractivity contribution in [3.05, 3.63) is 24.3 Å². The van der Waals surface area contributed by atoms with Crippen molar-refractivity contribution < 1.29 is 13.5 Å². The summed E-state index contributed by atoms with van der Waals surface area (Å²) in [5.74, 6) is 0.218. The maximum Gasteiger partial charge on any atom is 0.387 e. The molecule has 1 heterocycles. The van der Waals surface area contributed by atoms with Gasteiger partial charge >= 0.3 is 6.61 Å². The smallest absolute Gasteiger partial charge is 0.387 e. The normalized spacial score (nSPS) is 21.2. The van der Waals surface area contributed by atoms with Crippen LogP contribution in [0.1, 0.15) is 19.3 Å². The Bertz CT molecular complexity index is 401. The molecule has 0 radical (unpaired) electrons. The van der Waals surface area contributed by atoms with E-state index in [1.807, 2.05) is 6.07 Å². The van der Waals surface area contributed by atoms with E-state index >= 15 is 0 Å². The van der Waals surface area contributed by atoms with Gasteiger partial charge < -0.3 is 15.0 Å². The maximum absolute atomic E-state index is 12.3. The molecule has 1 aromatic rings. The van der Waals surface area contributed by atoms with Gasteiger partial charge in [0.1, 0.15) is 5.75 Å². The van der Waals surface area contributed by atoms with Crippen molar-refractivity contribution in [3.63, 3.8) is 0 Å². The zero-order chi connectivity index (χ0) is 13.7. The van der Waals surface area contributed by atoms with Crippen LogP contribution in [0.25, 0.3) is 0 Å². The minimum atomic E-state index is -2.79. The summed E-state index contributed by atoms with van der Waals surface area (Å²) >= 11 is 0. The van der Waals surface area contributed by atoms with E-state index in [9.17, 15) is 8.78 Å². The van der Waals surface area contributed by atoms with Crippen molar-refractivity contribution in [1.29, 1.82) is 0 Å². The number of nitrogens with one attached hydrogen (secondary N) is 1. The molecular formula is C14H20F2N2O. The second kappa shape index (κ2) is 6.70. The predicted octanol–water partition coefficient (Wildman–Crippen LogP) is 3.18. The summed E-state index contributed by atoms with van der Waals surface area (Å²) in [4.78, 5) is 2.29. The molecule has 19 heavy (non-hydrogen) atoms. The molecule has 0 aromatic heterocycles. The van der Waals surface area contributed by atoms with E-state index in [0.29, 0.717) is 11.7 Å². The highest BCUT2D eigenvalue weighted by Crippen LogP contribution is 2.27. The first-order chi connectivity index (χ1) is 9.15. The quantitative estimate of drug-likeness (QED) is 0.909. The molecule has 1 aromatic carbocycles. The molecule has 1 aliphatic heterocycles. The van der Waals surface area contributed by atoms with Gasteiger partial charge in [-0.3, -0.25) is 0 Å². The highest BCUT2D eigenvalue weighted by Gasteiger charge is 2.16. The van der Waals surface area contributed by atoms with E-state index in [-0.39, 0.29) is 5.75 Å². The minimum absolute atomic E-state index is 0.218. The lowest BCUT2D eigenvalue weighted by atomic mass is 10.1. The number of alkyl halides is 2. The highest BCUT2D eigenvalue weighted by atomic mass is 19.3. The van der Waals surface area contributed by atoms with Crippen molar-refractivity contribution in [3.8, 4) is 5.75 Å². The molecule has 1 N–H and O–H groups in total. The molecule has 5 heteroatoms. The van der Waals surface area contributed by atoms with Gasteiger partial charge in [-0.2, -0.15) is 8.78 Å². The van der Waals surface area contributed by atoms with Crippen LogP contribution in [0.2, 0.25) is 0 Å². The van der Waals surface area contributed by atoms with Crippen molar-refractivity contribution in [1.82, 2.24) is 4.90 Å². The number of halogens is 2. The fraction of sp³-hybridized carbons (Fsp3) is 0.571. The second-order valence-corrected chi connectivity index (χ2v) is 4.95. The predicted molar refractivity (Wildman–Crippen MR) is 71.8 cm³/mol. The summed E-state index contributed by atoms with van der Waals surface area (Å²) in [6.45, 7) is -0.675. The number of anilines is 1. The molecule has 2 rings (SSSR count). The first-order valence-corrected chi connectivity index (χ1v) is 6.64. The van der Waals surface area contributed by atoms with Crippen molar-refractivity contribution in [2.24, 2.45) is 0 Å². The Morgan fingerprint density at radius 1 is 1.26 bits per heavy atom. The van der Waals surface area contributed by atoms with E-state index in [2.05, 4.69) is 22.0 Å². The Hall–Kier alpha value is -1.36. The van der Waals surface area contributed by atoms with Crippen LogP contribution in [-0.4, -0.2) is 37.7 Å². The zero-order valence-corrected chi connectivity index (χ0v) is 11.1. The molecule has 0 aliphatic carbocycles. The molecule has 0 amide bonds. The Labute approximate surface area is 112 Å². The number of likely N-dealkylation sites (tertiary alicyclic amines) is 1. The van der Waals surface area contributed by atoms with Crippen LogP contribution in [0.4, 0.5) is 14.5 Å². The molecule has 0 spiro atoms. The number of nitrogens with zero attached hydrogens (tertiary/aromatic N) is 1. The molecule has 1 fully saturated rings. The van der Waals surface area contributed by atoms with Crippen LogP contribution < -0.4 is 10.1 Å². The fourth-order valence-corrected chi connectivity index (χ4v) is 2.39. The standard InChI is InChI=1S/C14H20F2N2O/c1-18-9-4-5-11(8-10-18)17-12-6-2-3-7-13(12)19-14(15)16/h2-3,6-7,11,14,17H,4-5,8-10H2,1H3. The Kier molecular flexibility index (Phi) is 4.96. The van der Waals surface area contributed by atoms with Gasteiger partial charge in [0, 0.05) is 6.04 Å². The lowest BCUT2D eigenvalue weighted by molar-refractivity contribution is -0.0493. The number of rotatable bonds is 4. The molecule has 3 nitrogen and oxygen atoms in total. The Balaban J connectivity index is 2.01. The van der Waals surface area contributed by atoms with Gasteiger partial charge in [-0.1, -0.05) is 12.1 Å². The van der Waals surface area contributed by atoms with Gasteiger partial charge in [0.15, 0.2) is 0 Å². The third-order valence-electron chi connectivity index (χ3n) is 3.41. The monoisotopic (exact) mass is 270 g/mol. The van der Waals surface area contributed by atoms with Crippen LogP contribution in [-0.2, 0) is 0 Å². The van der Waals surface area contributed by atoms with E-state index in [1.54, 1.807) is 18.2 Å². The Morgan fingerprint density at radius 3 is 2.84 bits per heavy atom. The van der Waals surface area contributed by atoms with Crippen LogP contribution in [0.15, 0.2) is 24.3 Å². The number of hydrogen-bond acceptors (Lipinski definition) is 3. The molecule has 1 unspecified atom stereocenters. The average molecular weight is 270 g/mol. The minimum Gasteiger partial charge on any atom is -0.433 e. The van der Waals surface area contributed by atoms with Crippen LogP contribution >= 0.6 is 0 Å². The molecule has 1 saturated heterocycles. The topological polar surface area (TPSA) is 24.5 Å². The van der Waals surface area contributed by atoms with Gasteiger partial charge in [0.2, 0.25) is 0 Å². The lowest BCUT2D eigenvalue weighted by Crippen LogP contribution is -2.23. The number of ether oxygens (including phenoxy) is 1. The van der Waals surface area contributed by atoms with Crippen molar-refractivity contribution in [2.75, 3.05) is 25.5 Å². The summed E-state index contributed by atoms with van der Waals surface area (Å²) in [5.41, 5.74) is 0.650. The zero-order valence-electron chi connectivity index (χ0n) is 11.1. The first-order valence-electron chi connectivity index (χ1n) is 6.64. The van der Waals surface area contributed by atoms with Gasteiger partial charge in [0.05, 0.1) is 5.69 Å². The third-order valence-corrected chi connectivity index (χ3v) is 3.41. The van der Waals surface area contributed by atoms with Crippen molar-refractivity contribution >= 4 is 5.69 Å². The van der Waals surface area contributed by atoms with Crippen LogP contribution in [0.5, 0.6) is 5.75 Å². The summed E-state index contributed by atoms with van der Waals surface area (Å²) in [7, 11) is 2.11. The fourth-order valence-electron chi connectivity index (χ4n) is 2.39. The molecule has 1 atom stereocenters. The summed E-state index contributed by atoms with van der Waals surface area (Å²) < 4.78 is 29.2. The van der Waals surface area contributed by atoms with E-state index in [1.165, 1.54) is 0 Å². The van der Waals surface area contributed by atoms with E-state index in [4.69, 9.17) is 0 Å². The molecular weight excluding hydrogens is 250 g/mol. The van der Waals surface area contributed by atoms with Gasteiger partial charge in [0.25, 0.3) is 0 Å². The second-order valence-electron chi connectivity index (χ2n) is 4.95.